The second-order valence-corrected chi connectivity index (χ2v) is 5.42. The average Bonchev–Trinajstić information content (AvgIpc) is 2.94. The molecule has 1 unspecified atom stereocenters. The predicted molar refractivity (Wildman–Crippen MR) is 85.3 cm³/mol. The van der Waals surface area contributed by atoms with Crippen LogP contribution in [-0.2, 0) is 18.4 Å². The van der Waals surface area contributed by atoms with Crippen LogP contribution in [0, 0.1) is 6.92 Å². The molecule has 1 aromatic heterocycles. The van der Waals surface area contributed by atoms with Crippen LogP contribution in [0.1, 0.15) is 24.1 Å². The highest BCUT2D eigenvalue weighted by molar-refractivity contribution is 5.85. The van der Waals surface area contributed by atoms with Crippen LogP contribution in [0.15, 0.2) is 0 Å². The predicted octanol–water partition coefficient (Wildman–Crippen LogP) is 0.232. The van der Waals surface area contributed by atoms with Crippen molar-refractivity contribution in [3.8, 4) is 5.88 Å². The third-order valence-electron chi connectivity index (χ3n) is 3.77. The van der Waals surface area contributed by atoms with E-state index < -0.39 is 6.10 Å². The van der Waals surface area contributed by atoms with Crippen molar-refractivity contribution in [2.75, 3.05) is 26.7 Å². The van der Waals surface area contributed by atoms with Crippen LogP contribution >= 0.6 is 12.4 Å². The summed E-state index contributed by atoms with van der Waals surface area (Å²) in [5, 5.41) is 17.5. The zero-order valence-electron chi connectivity index (χ0n) is 13.3. The molecule has 1 aromatic rings. The fraction of sp³-hybridized carbons (Fsp3) is 0.714. The summed E-state index contributed by atoms with van der Waals surface area (Å²) in [5.74, 6) is 0.864. The summed E-state index contributed by atoms with van der Waals surface area (Å²) >= 11 is 0. The number of methoxy groups -OCH3 is 1. The Labute approximate surface area is 137 Å². The minimum Gasteiger partial charge on any atom is -0.481 e. The molecule has 1 amide bonds. The van der Waals surface area contributed by atoms with Crippen molar-refractivity contribution in [3.05, 3.63) is 11.3 Å². The Morgan fingerprint density at radius 2 is 2.23 bits per heavy atom. The van der Waals surface area contributed by atoms with E-state index in [-0.39, 0.29) is 18.3 Å². The van der Waals surface area contributed by atoms with Gasteiger partial charge in [-0.25, -0.2) is 4.68 Å². The maximum Gasteiger partial charge on any atom is 0.222 e. The maximum absolute atomic E-state index is 11.5. The van der Waals surface area contributed by atoms with Crippen molar-refractivity contribution < 1.29 is 14.6 Å². The van der Waals surface area contributed by atoms with Crippen LogP contribution < -0.4 is 10.1 Å². The van der Waals surface area contributed by atoms with Crippen molar-refractivity contribution in [2.45, 2.75) is 32.4 Å². The van der Waals surface area contributed by atoms with Crippen molar-refractivity contribution in [1.82, 2.24) is 20.0 Å². The van der Waals surface area contributed by atoms with Crippen LogP contribution in [0.3, 0.4) is 0 Å². The highest BCUT2D eigenvalue weighted by atomic mass is 35.5. The summed E-state index contributed by atoms with van der Waals surface area (Å²) in [6.07, 6.45) is 0.937. The molecule has 1 atom stereocenters. The number of likely N-dealkylation sites (tertiary alicyclic amines) is 1. The zero-order chi connectivity index (χ0) is 15.4. The molecule has 2 N–H and O–H groups in total. The van der Waals surface area contributed by atoms with Crippen LogP contribution in [-0.4, -0.2) is 58.5 Å². The van der Waals surface area contributed by atoms with Crippen LogP contribution in [0.5, 0.6) is 5.88 Å². The number of nitrogens with zero attached hydrogens (tertiary/aromatic N) is 3. The first-order valence-electron chi connectivity index (χ1n) is 7.26. The number of aliphatic hydroxyl groups is 1. The molecular formula is C14H25ClN4O3. The molecular weight excluding hydrogens is 308 g/mol. The first-order chi connectivity index (χ1) is 10.0. The largest absolute Gasteiger partial charge is 0.481 e. The number of nitrogens with one attached hydrogen (secondary N) is 1. The molecule has 22 heavy (non-hydrogen) atoms. The van der Waals surface area contributed by atoms with E-state index in [4.69, 9.17) is 4.74 Å². The van der Waals surface area contributed by atoms with Gasteiger partial charge in [0.25, 0.3) is 0 Å². The Hall–Kier alpha value is -1.31. The van der Waals surface area contributed by atoms with E-state index in [9.17, 15) is 9.90 Å². The van der Waals surface area contributed by atoms with Gasteiger partial charge in [-0.05, 0) is 13.3 Å². The van der Waals surface area contributed by atoms with Gasteiger partial charge in [0.05, 0.1) is 24.5 Å². The molecule has 1 saturated heterocycles. The number of halogens is 1. The normalized spacial score (nSPS) is 15.8. The number of aliphatic hydroxyl groups excluding tert-OH is 1. The SMILES string of the molecule is COc1c(CNCC(O)CN2CCCC2=O)c(C)nn1C.Cl. The van der Waals surface area contributed by atoms with Gasteiger partial charge in [-0.3, -0.25) is 4.79 Å². The fourth-order valence-corrected chi connectivity index (χ4v) is 2.72. The summed E-state index contributed by atoms with van der Waals surface area (Å²) in [4.78, 5) is 13.2. The highest BCUT2D eigenvalue weighted by Crippen LogP contribution is 2.20. The van der Waals surface area contributed by atoms with Crippen LogP contribution in [0.2, 0.25) is 0 Å². The number of aromatic nitrogens is 2. The third-order valence-corrected chi connectivity index (χ3v) is 3.77. The molecule has 0 aromatic carbocycles. The van der Waals surface area contributed by atoms with E-state index in [0.717, 1.165) is 30.1 Å². The van der Waals surface area contributed by atoms with Gasteiger partial charge in [0.1, 0.15) is 0 Å². The Morgan fingerprint density at radius 1 is 1.50 bits per heavy atom. The topological polar surface area (TPSA) is 79.6 Å². The molecule has 1 aliphatic heterocycles. The Kier molecular flexibility index (Phi) is 7.12. The number of hydrogen-bond acceptors (Lipinski definition) is 5. The van der Waals surface area contributed by atoms with Gasteiger partial charge in [0.15, 0.2) is 0 Å². The van der Waals surface area contributed by atoms with E-state index in [0.29, 0.717) is 26.1 Å². The molecule has 0 saturated carbocycles. The summed E-state index contributed by atoms with van der Waals surface area (Å²) in [5.41, 5.74) is 1.90. The fourth-order valence-electron chi connectivity index (χ4n) is 2.72. The van der Waals surface area contributed by atoms with E-state index in [1.165, 1.54) is 0 Å². The first-order valence-corrected chi connectivity index (χ1v) is 7.26. The Morgan fingerprint density at radius 3 is 2.82 bits per heavy atom. The maximum atomic E-state index is 11.5. The quantitative estimate of drug-likeness (QED) is 0.747. The number of amides is 1. The van der Waals surface area contributed by atoms with Crippen molar-refractivity contribution in [2.24, 2.45) is 7.05 Å². The molecule has 0 spiro atoms. The van der Waals surface area contributed by atoms with E-state index in [2.05, 4.69) is 10.4 Å². The molecule has 0 bridgehead atoms. The molecule has 2 rings (SSSR count). The molecule has 0 aliphatic carbocycles. The second kappa shape index (κ2) is 8.36. The summed E-state index contributed by atoms with van der Waals surface area (Å²) in [6, 6.07) is 0. The van der Waals surface area contributed by atoms with Crippen LogP contribution in [0.25, 0.3) is 0 Å². The molecule has 126 valence electrons. The molecule has 8 heteroatoms. The lowest BCUT2D eigenvalue weighted by Crippen LogP contribution is -2.38. The number of β-amino-alcohol motifs (C(OH)–C–C–N with tert-alkyl or cyclic N) is 1. The minimum absolute atomic E-state index is 0. The van der Waals surface area contributed by atoms with Gasteiger partial charge < -0.3 is 20.1 Å². The first kappa shape index (κ1) is 18.7. The zero-order valence-corrected chi connectivity index (χ0v) is 14.2. The lowest BCUT2D eigenvalue weighted by molar-refractivity contribution is -0.128. The summed E-state index contributed by atoms with van der Waals surface area (Å²) in [7, 11) is 3.46. The van der Waals surface area contributed by atoms with Gasteiger partial charge in [-0.2, -0.15) is 5.10 Å². The Bertz CT molecular complexity index is 507. The van der Waals surface area contributed by atoms with Gasteiger partial charge in [-0.15, -0.1) is 12.4 Å². The Balaban J connectivity index is 0.00000242. The van der Waals surface area contributed by atoms with Gasteiger partial charge >= 0.3 is 0 Å². The van der Waals surface area contributed by atoms with E-state index >= 15 is 0 Å². The number of rotatable bonds is 7. The number of ether oxygens (including phenoxy) is 1. The minimum atomic E-state index is -0.560. The number of hydrogen-bond donors (Lipinski definition) is 2. The number of carbonyl (C=O) groups excluding carboxylic acids is 1. The molecule has 0 radical (unpaired) electrons. The lowest BCUT2D eigenvalue weighted by atomic mass is 10.2. The van der Waals surface area contributed by atoms with Gasteiger partial charge in [0.2, 0.25) is 11.8 Å². The van der Waals surface area contributed by atoms with Crippen molar-refractivity contribution in [1.29, 1.82) is 0 Å². The second-order valence-electron chi connectivity index (χ2n) is 5.42. The number of aryl methyl sites for hydroxylation is 2. The molecule has 1 aliphatic rings. The van der Waals surface area contributed by atoms with E-state index in [1.807, 2.05) is 14.0 Å². The van der Waals surface area contributed by atoms with E-state index in [1.54, 1.807) is 16.7 Å². The summed E-state index contributed by atoms with van der Waals surface area (Å²) < 4.78 is 7.02. The average molecular weight is 333 g/mol. The molecule has 2 heterocycles. The van der Waals surface area contributed by atoms with Gasteiger partial charge in [-0.1, -0.05) is 0 Å². The number of carbonyl (C=O) groups is 1. The standard InChI is InChI=1S/C14H24N4O3.ClH/c1-10-12(14(21-3)17(2)16-10)8-15-7-11(19)9-18-6-4-5-13(18)20;/h11,15,19H,4-9H2,1-3H3;1H. The van der Waals surface area contributed by atoms with Crippen molar-refractivity contribution >= 4 is 18.3 Å². The highest BCUT2D eigenvalue weighted by Gasteiger charge is 2.22. The smallest absolute Gasteiger partial charge is 0.222 e. The van der Waals surface area contributed by atoms with Crippen LogP contribution in [0.4, 0.5) is 0 Å². The molecule has 7 nitrogen and oxygen atoms in total. The van der Waals surface area contributed by atoms with Crippen molar-refractivity contribution in [3.63, 3.8) is 0 Å². The lowest BCUT2D eigenvalue weighted by Gasteiger charge is -2.20. The third kappa shape index (κ3) is 4.34. The molecule has 1 fully saturated rings. The monoisotopic (exact) mass is 332 g/mol. The summed E-state index contributed by atoms with van der Waals surface area (Å²) in [6.45, 7) is 4.09. The van der Waals surface area contributed by atoms with Gasteiger partial charge in [0, 0.05) is 39.6 Å².